The van der Waals surface area contributed by atoms with Crippen molar-refractivity contribution in [3.63, 3.8) is 0 Å². The van der Waals surface area contributed by atoms with Gasteiger partial charge in [0.15, 0.2) is 5.76 Å². The quantitative estimate of drug-likeness (QED) is 0.805. The number of pyridine rings is 1. The third kappa shape index (κ3) is 3.34. The van der Waals surface area contributed by atoms with Gasteiger partial charge in [0, 0.05) is 0 Å². The SMILES string of the molecule is O=C(OCc1cccc(-c2ccco2)n1)C(F)(F)F. The lowest BCUT2D eigenvalue weighted by Gasteiger charge is -2.07. The summed E-state index contributed by atoms with van der Waals surface area (Å²) < 4.78 is 45.0. The number of carbonyl (C=O) groups is 1. The molecule has 0 saturated carbocycles. The van der Waals surface area contributed by atoms with Crippen LogP contribution < -0.4 is 0 Å². The van der Waals surface area contributed by atoms with Crippen LogP contribution in [0.4, 0.5) is 13.2 Å². The fourth-order valence-corrected chi connectivity index (χ4v) is 1.34. The molecule has 4 nitrogen and oxygen atoms in total. The van der Waals surface area contributed by atoms with Gasteiger partial charge in [-0.05, 0) is 24.3 Å². The van der Waals surface area contributed by atoms with E-state index in [1.54, 1.807) is 24.3 Å². The predicted octanol–water partition coefficient (Wildman–Crippen LogP) is 2.95. The summed E-state index contributed by atoms with van der Waals surface area (Å²) in [7, 11) is 0. The molecule has 2 aromatic heterocycles. The summed E-state index contributed by atoms with van der Waals surface area (Å²) in [6.45, 7) is -0.549. The fraction of sp³-hybridized carbons (Fsp3) is 0.167. The molecule has 0 amide bonds. The summed E-state index contributed by atoms with van der Waals surface area (Å²) in [6, 6.07) is 7.99. The van der Waals surface area contributed by atoms with Crippen LogP contribution in [0.25, 0.3) is 11.5 Å². The number of esters is 1. The van der Waals surface area contributed by atoms with Crippen LogP contribution in [0.15, 0.2) is 41.0 Å². The van der Waals surface area contributed by atoms with Gasteiger partial charge in [0.1, 0.15) is 12.3 Å². The monoisotopic (exact) mass is 271 g/mol. The Kier molecular flexibility index (Phi) is 3.55. The van der Waals surface area contributed by atoms with Crippen molar-refractivity contribution in [2.45, 2.75) is 12.8 Å². The number of carbonyl (C=O) groups excluding carboxylic acids is 1. The Hall–Kier alpha value is -2.31. The Morgan fingerprint density at radius 3 is 2.68 bits per heavy atom. The molecule has 0 unspecified atom stereocenters. The number of furan rings is 1. The van der Waals surface area contributed by atoms with Crippen molar-refractivity contribution in [2.24, 2.45) is 0 Å². The molecule has 0 radical (unpaired) electrons. The Bertz CT molecular complexity index is 564. The van der Waals surface area contributed by atoms with Gasteiger partial charge < -0.3 is 9.15 Å². The third-order valence-corrected chi connectivity index (χ3v) is 2.16. The van der Waals surface area contributed by atoms with Crippen molar-refractivity contribution < 1.29 is 27.1 Å². The maximum Gasteiger partial charge on any atom is 0.490 e. The molecule has 0 aromatic carbocycles. The van der Waals surface area contributed by atoms with Crippen molar-refractivity contribution >= 4 is 5.97 Å². The first-order chi connectivity index (χ1) is 8.97. The minimum absolute atomic E-state index is 0.200. The number of aromatic nitrogens is 1. The Balaban J connectivity index is 2.06. The van der Waals surface area contributed by atoms with E-state index in [1.807, 2.05) is 0 Å². The maximum absolute atomic E-state index is 11.9. The lowest BCUT2D eigenvalue weighted by Crippen LogP contribution is -2.25. The maximum atomic E-state index is 11.9. The summed E-state index contributed by atoms with van der Waals surface area (Å²) in [6.07, 6.45) is -3.55. The number of ether oxygens (including phenoxy) is 1. The van der Waals surface area contributed by atoms with E-state index in [0.29, 0.717) is 11.5 Å². The first-order valence-electron chi connectivity index (χ1n) is 5.20. The molecule has 7 heteroatoms. The Labute approximate surface area is 105 Å². The van der Waals surface area contributed by atoms with Crippen molar-refractivity contribution in [3.05, 3.63) is 42.3 Å². The van der Waals surface area contributed by atoms with E-state index in [1.165, 1.54) is 12.3 Å². The van der Waals surface area contributed by atoms with E-state index in [4.69, 9.17) is 4.42 Å². The molecule has 2 aromatic rings. The van der Waals surface area contributed by atoms with Crippen LogP contribution in [-0.4, -0.2) is 17.1 Å². The lowest BCUT2D eigenvalue weighted by atomic mass is 10.2. The zero-order valence-electron chi connectivity index (χ0n) is 9.48. The molecular formula is C12H8F3NO3. The molecule has 2 heterocycles. The van der Waals surface area contributed by atoms with E-state index in [-0.39, 0.29) is 5.69 Å². The lowest BCUT2D eigenvalue weighted by molar-refractivity contribution is -0.201. The van der Waals surface area contributed by atoms with Gasteiger partial charge in [-0.1, -0.05) is 6.07 Å². The average molecular weight is 271 g/mol. The molecule has 0 aliphatic heterocycles. The predicted molar refractivity (Wildman–Crippen MR) is 57.8 cm³/mol. The van der Waals surface area contributed by atoms with Crippen molar-refractivity contribution in [1.29, 1.82) is 0 Å². The van der Waals surface area contributed by atoms with Gasteiger partial charge in [0.2, 0.25) is 0 Å². The van der Waals surface area contributed by atoms with Crippen LogP contribution in [0.3, 0.4) is 0 Å². The van der Waals surface area contributed by atoms with Crippen molar-refractivity contribution in [2.75, 3.05) is 0 Å². The first kappa shape index (κ1) is 13.1. The molecule has 0 N–H and O–H groups in total. The minimum atomic E-state index is -5.00. The Morgan fingerprint density at radius 1 is 1.26 bits per heavy atom. The summed E-state index contributed by atoms with van der Waals surface area (Å²) in [5, 5.41) is 0. The zero-order chi connectivity index (χ0) is 13.9. The van der Waals surface area contributed by atoms with Crippen LogP contribution >= 0.6 is 0 Å². The number of rotatable bonds is 3. The summed E-state index contributed by atoms with van der Waals surface area (Å²) in [5.41, 5.74) is 0.650. The van der Waals surface area contributed by atoms with E-state index in [9.17, 15) is 18.0 Å². The standard InChI is InChI=1S/C12H8F3NO3/c13-12(14,15)11(17)19-7-8-3-1-4-9(16-8)10-5-2-6-18-10/h1-6H,7H2. The van der Waals surface area contributed by atoms with Gasteiger partial charge in [-0.15, -0.1) is 0 Å². The zero-order valence-corrected chi connectivity index (χ0v) is 9.48. The second kappa shape index (κ2) is 5.13. The summed E-state index contributed by atoms with van der Waals surface area (Å²) >= 11 is 0. The molecule has 0 atom stereocenters. The third-order valence-electron chi connectivity index (χ3n) is 2.16. The number of hydrogen-bond donors (Lipinski definition) is 0. The molecule has 0 bridgehead atoms. The smallest absolute Gasteiger partial charge is 0.463 e. The molecule has 19 heavy (non-hydrogen) atoms. The van der Waals surface area contributed by atoms with E-state index < -0.39 is 18.8 Å². The van der Waals surface area contributed by atoms with Gasteiger partial charge in [-0.3, -0.25) is 0 Å². The van der Waals surface area contributed by atoms with Crippen molar-refractivity contribution in [1.82, 2.24) is 4.98 Å². The normalized spacial score (nSPS) is 11.3. The fourth-order valence-electron chi connectivity index (χ4n) is 1.34. The van der Waals surface area contributed by atoms with Crippen molar-refractivity contribution in [3.8, 4) is 11.5 Å². The van der Waals surface area contributed by atoms with Gasteiger partial charge in [-0.2, -0.15) is 13.2 Å². The van der Waals surface area contributed by atoms with Gasteiger partial charge in [-0.25, -0.2) is 9.78 Å². The van der Waals surface area contributed by atoms with E-state index in [0.717, 1.165) is 0 Å². The van der Waals surface area contributed by atoms with Crippen LogP contribution in [0.2, 0.25) is 0 Å². The summed E-state index contributed by atoms with van der Waals surface area (Å²) in [4.78, 5) is 14.6. The summed E-state index contributed by atoms with van der Waals surface area (Å²) in [5.74, 6) is -1.76. The molecule has 0 spiro atoms. The van der Waals surface area contributed by atoms with E-state index in [2.05, 4.69) is 9.72 Å². The number of hydrogen-bond acceptors (Lipinski definition) is 4. The highest BCUT2D eigenvalue weighted by Gasteiger charge is 2.40. The molecule has 2 rings (SSSR count). The van der Waals surface area contributed by atoms with Gasteiger partial charge in [0.05, 0.1) is 12.0 Å². The van der Waals surface area contributed by atoms with Crippen LogP contribution in [0.1, 0.15) is 5.69 Å². The second-order valence-corrected chi connectivity index (χ2v) is 3.57. The van der Waals surface area contributed by atoms with Crippen LogP contribution in [0, 0.1) is 0 Å². The van der Waals surface area contributed by atoms with E-state index >= 15 is 0 Å². The largest absolute Gasteiger partial charge is 0.490 e. The van der Waals surface area contributed by atoms with Gasteiger partial charge >= 0.3 is 12.1 Å². The Morgan fingerprint density at radius 2 is 2.05 bits per heavy atom. The molecule has 0 aliphatic rings. The molecular weight excluding hydrogens is 263 g/mol. The molecule has 0 aliphatic carbocycles. The highest BCUT2D eigenvalue weighted by atomic mass is 19.4. The molecule has 0 saturated heterocycles. The average Bonchev–Trinajstić information content (AvgIpc) is 2.89. The number of alkyl halides is 3. The number of halogens is 3. The molecule has 0 fully saturated rings. The first-order valence-corrected chi connectivity index (χ1v) is 5.20. The van der Waals surface area contributed by atoms with Crippen LogP contribution in [0.5, 0.6) is 0 Å². The highest BCUT2D eigenvalue weighted by molar-refractivity contribution is 5.75. The highest BCUT2D eigenvalue weighted by Crippen LogP contribution is 2.19. The molecule has 100 valence electrons. The van der Waals surface area contributed by atoms with Crippen LogP contribution in [-0.2, 0) is 16.1 Å². The van der Waals surface area contributed by atoms with Gasteiger partial charge in [0.25, 0.3) is 0 Å². The topological polar surface area (TPSA) is 52.3 Å². The number of nitrogens with zero attached hydrogens (tertiary/aromatic N) is 1. The second-order valence-electron chi connectivity index (χ2n) is 3.57. The minimum Gasteiger partial charge on any atom is -0.463 e.